The number of benzene rings is 3. The molecule has 2 fully saturated rings. The molecule has 6 heteroatoms. The van der Waals surface area contributed by atoms with Crippen molar-refractivity contribution in [2.75, 3.05) is 19.8 Å². The molecule has 2 saturated heterocycles. The van der Waals surface area contributed by atoms with E-state index in [1.807, 2.05) is 91.0 Å². The SMILES string of the molecule is O=C(c1ccccc1)C1CCN(CN2C(=O)NC(c3ccccc3)(c3ccccc3)C2=O)CC1. The highest BCUT2D eigenvalue weighted by Gasteiger charge is 2.54. The van der Waals surface area contributed by atoms with Gasteiger partial charge in [0.25, 0.3) is 5.91 Å². The summed E-state index contributed by atoms with van der Waals surface area (Å²) in [7, 11) is 0. The third-order valence-corrected chi connectivity index (χ3v) is 6.88. The smallest absolute Gasteiger partial charge is 0.315 e. The standard InChI is InChI=1S/C28H27N3O3/c32-25(21-10-4-1-5-11-21)22-16-18-30(19-17-22)20-31-26(33)28(29-27(31)34,23-12-6-2-7-13-23)24-14-8-3-9-15-24/h1-15,22H,16-20H2,(H,29,34). The van der Waals surface area contributed by atoms with Crippen molar-refractivity contribution < 1.29 is 14.4 Å². The maximum absolute atomic E-state index is 13.8. The van der Waals surface area contributed by atoms with Gasteiger partial charge in [0, 0.05) is 24.6 Å². The molecule has 0 spiro atoms. The Kier molecular flexibility index (Phi) is 5.99. The molecule has 0 unspecified atom stereocenters. The first-order chi connectivity index (χ1) is 16.6. The van der Waals surface area contributed by atoms with E-state index in [1.54, 1.807) is 0 Å². The third-order valence-electron chi connectivity index (χ3n) is 6.88. The third kappa shape index (κ3) is 3.90. The van der Waals surface area contributed by atoms with Gasteiger partial charge in [-0.1, -0.05) is 91.0 Å². The number of Topliss-reactive ketones (excluding diaryl/α,β-unsaturated/α-hetero) is 1. The summed E-state index contributed by atoms with van der Waals surface area (Å²) in [5.74, 6) is -0.144. The van der Waals surface area contributed by atoms with Crippen LogP contribution < -0.4 is 5.32 Å². The lowest BCUT2D eigenvalue weighted by molar-refractivity contribution is -0.132. The van der Waals surface area contributed by atoms with Crippen LogP contribution in [0.1, 0.15) is 34.3 Å². The molecular formula is C28H27N3O3. The van der Waals surface area contributed by atoms with Crippen LogP contribution in [0.25, 0.3) is 0 Å². The second-order valence-electron chi connectivity index (χ2n) is 8.91. The van der Waals surface area contributed by atoms with Crippen LogP contribution >= 0.6 is 0 Å². The molecular weight excluding hydrogens is 426 g/mol. The quantitative estimate of drug-likeness (QED) is 0.452. The number of carbonyl (C=O) groups is 3. The first kappa shape index (κ1) is 22.0. The Hall–Kier alpha value is -3.77. The second kappa shape index (κ2) is 9.23. The number of carbonyl (C=O) groups excluding carboxylic acids is 3. The van der Waals surface area contributed by atoms with Gasteiger partial charge in [-0.3, -0.25) is 14.5 Å². The van der Waals surface area contributed by atoms with Gasteiger partial charge in [0.15, 0.2) is 11.3 Å². The first-order valence-corrected chi connectivity index (χ1v) is 11.7. The number of piperidine rings is 1. The summed E-state index contributed by atoms with van der Waals surface area (Å²) in [6.45, 7) is 1.52. The van der Waals surface area contributed by atoms with Gasteiger partial charge in [0.05, 0.1) is 6.67 Å². The minimum absolute atomic E-state index is 0.0329. The number of imide groups is 1. The van der Waals surface area contributed by atoms with Gasteiger partial charge in [0.2, 0.25) is 0 Å². The fourth-order valence-electron chi connectivity index (χ4n) is 5.01. The van der Waals surface area contributed by atoms with Crippen LogP contribution in [0.3, 0.4) is 0 Å². The molecule has 6 nitrogen and oxygen atoms in total. The van der Waals surface area contributed by atoms with Gasteiger partial charge in [-0.05, 0) is 24.0 Å². The zero-order valence-corrected chi connectivity index (χ0v) is 18.9. The summed E-state index contributed by atoms with van der Waals surface area (Å²) in [5.41, 5.74) is 0.954. The normalized spacial score (nSPS) is 18.6. The number of nitrogens with one attached hydrogen (secondary N) is 1. The Morgan fingerprint density at radius 3 is 1.82 bits per heavy atom. The van der Waals surface area contributed by atoms with Gasteiger partial charge in [-0.25, -0.2) is 9.69 Å². The van der Waals surface area contributed by atoms with Gasteiger partial charge in [0.1, 0.15) is 0 Å². The summed E-state index contributed by atoms with van der Waals surface area (Å²) >= 11 is 0. The summed E-state index contributed by atoms with van der Waals surface area (Å²) in [6, 6.07) is 27.7. The maximum atomic E-state index is 13.8. The molecule has 0 radical (unpaired) electrons. The highest BCUT2D eigenvalue weighted by molar-refractivity contribution is 6.09. The number of hydrogen-bond donors (Lipinski definition) is 1. The maximum Gasteiger partial charge on any atom is 0.326 e. The minimum Gasteiger partial charge on any atom is -0.315 e. The number of amides is 3. The van der Waals surface area contributed by atoms with Crippen LogP contribution in [0.15, 0.2) is 91.0 Å². The van der Waals surface area contributed by atoms with Crippen LogP contribution in [-0.4, -0.2) is 47.3 Å². The monoisotopic (exact) mass is 453 g/mol. The zero-order valence-electron chi connectivity index (χ0n) is 18.9. The predicted octanol–water partition coefficient (Wildman–Crippen LogP) is 4.03. The Balaban J connectivity index is 1.32. The fourth-order valence-corrected chi connectivity index (χ4v) is 5.01. The van der Waals surface area contributed by atoms with E-state index < -0.39 is 11.6 Å². The topological polar surface area (TPSA) is 69.7 Å². The van der Waals surface area contributed by atoms with E-state index in [2.05, 4.69) is 10.2 Å². The van der Waals surface area contributed by atoms with Crippen LogP contribution in [0.4, 0.5) is 4.79 Å². The van der Waals surface area contributed by atoms with Crippen molar-refractivity contribution in [2.45, 2.75) is 18.4 Å². The molecule has 1 N–H and O–H groups in total. The number of likely N-dealkylation sites (tertiary alicyclic amines) is 1. The average Bonchev–Trinajstić information content (AvgIpc) is 3.16. The van der Waals surface area contributed by atoms with E-state index in [-0.39, 0.29) is 24.3 Å². The molecule has 0 atom stereocenters. The Morgan fingerprint density at radius 1 is 0.794 bits per heavy atom. The molecule has 3 aromatic rings. The van der Waals surface area contributed by atoms with Crippen molar-refractivity contribution >= 4 is 17.7 Å². The Bertz CT molecular complexity index is 1130. The van der Waals surface area contributed by atoms with Crippen LogP contribution in [0.5, 0.6) is 0 Å². The number of ketones is 1. The van der Waals surface area contributed by atoms with Crippen molar-refractivity contribution in [3.05, 3.63) is 108 Å². The lowest BCUT2D eigenvalue weighted by Gasteiger charge is -2.33. The largest absolute Gasteiger partial charge is 0.326 e. The van der Waals surface area contributed by atoms with E-state index in [4.69, 9.17) is 0 Å². The van der Waals surface area contributed by atoms with Crippen LogP contribution in [-0.2, 0) is 10.3 Å². The molecule has 0 saturated carbocycles. The average molecular weight is 454 g/mol. The molecule has 3 amide bonds. The molecule has 34 heavy (non-hydrogen) atoms. The fraction of sp³-hybridized carbons (Fsp3) is 0.250. The molecule has 2 heterocycles. The second-order valence-corrected chi connectivity index (χ2v) is 8.91. The van der Waals surface area contributed by atoms with Gasteiger partial charge >= 0.3 is 6.03 Å². The first-order valence-electron chi connectivity index (χ1n) is 11.7. The van der Waals surface area contributed by atoms with Gasteiger partial charge in [-0.2, -0.15) is 0 Å². The summed E-state index contributed by atoms with van der Waals surface area (Å²) in [4.78, 5) is 43.1. The summed E-state index contributed by atoms with van der Waals surface area (Å²) in [6.07, 6.45) is 1.42. The summed E-state index contributed by atoms with van der Waals surface area (Å²) < 4.78 is 0. The van der Waals surface area contributed by atoms with E-state index in [0.717, 1.165) is 16.7 Å². The van der Waals surface area contributed by atoms with Crippen molar-refractivity contribution in [3.63, 3.8) is 0 Å². The van der Waals surface area contributed by atoms with E-state index in [0.29, 0.717) is 25.9 Å². The zero-order chi connectivity index (χ0) is 23.5. The number of hydrogen-bond acceptors (Lipinski definition) is 4. The Morgan fingerprint density at radius 2 is 1.29 bits per heavy atom. The van der Waals surface area contributed by atoms with Crippen molar-refractivity contribution in [2.24, 2.45) is 5.92 Å². The molecule has 172 valence electrons. The van der Waals surface area contributed by atoms with Crippen molar-refractivity contribution in [1.82, 2.24) is 15.1 Å². The van der Waals surface area contributed by atoms with Crippen LogP contribution in [0, 0.1) is 5.92 Å². The van der Waals surface area contributed by atoms with Crippen molar-refractivity contribution in [3.8, 4) is 0 Å². The summed E-state index contributed by atoms with van der Waals surface area (Å²) in [5, 5.41) is 2.99. The van der Waals surface area contributed by atoms with Crippen LogP contribution in [0.2, 0.25) is 0 Å². The number of rotatable bonds is 6. The van der Waals surface area contributed by atoms with E-state index in [1.165, 1.54) is 4.90 Å². The Labute approximate surface area is 199 Å². The molecule has 2 aliphatic rings. The predicted molar refractivity (Wildman–Crippen MR) is 129 cm³/mol. The molecule has 5 rings (SSSR count). The minimum atomic E-state index is -1.25. The van der Waals surface area contributed by atoms with Gasteiger partial charge in [-0.15, -0.1) is 0 Å². The van der Waals surface area contributed by atoms with E-state index >= 15 is 0 Å². The molecule has 3 aromatic carbocycles. The van der Waals surface area contributed by atoms with Crippen molar-refractivity contribution in [1.29, 1.82) is 0 Å². The van der Waals surface area contributed by atoms with E-state index in [9.17, 15) is 14.4 Å². The highest BCUT2D eigenvalue weighted by Crippen LogP contribution is 2.36. The molecule has 0 bridgehead atoms. The lowest BCUT2D eigenvalue weighted by Crippen LogP contribution is -2.48. The number of urea groups is 1. The highest BCUT2D eigenvalue weighted by atomic mass is 16.2. The number of nitrogens with zero attached hydrogens (tertiary/aromatic N) is 2. The molecule has 0 aromatic heterocycles. The molecule has 0 aliphatic carbocycles. The molecule has 2 aliphatic heterocycles. The van der Waals surface area contributed by atoms with Gasteiger partial charge < -0.3 is 5.32 Å². The lowest BCUT2D eigenvalue weighted by atomic mass is 9.82.